The lowest BCUT2D eigenvalue weighted by atomic mass is 9.96. The Morgan fingerprint density at radius 2 is 2.04 bits per heavy atom. The van der Waals surface area contributed by atoms with Crippen LogP contribution in [0.4, 0.5) is 5.82 Å². The Labute approximate surface area is 166 Å². The van der Waals surface area contributed by atoms with Gasteiger partial charge in [0.1, 0.15) is 12.1 Å². The zero-order valence-electron chi connectivity index (χ0n) is 16.8. The number of hydrogen-bond acceptors (Lipinski definition) is 6. The Morgan fingerprint density at radius 3 is 2.86 bits per heavy atom. The fourth-order valence-corrected chi connectivity index (χ4v) is 4.39. The average molecular weight is 386 g/mol. The molecule has 2 aliphatic heterocycles. The van der Waals surface area contributed by atoms with Gasteiger partial charge in [0.05, 0.1) is 0 Å². The number of aromatic nitrogens is 4. The normalized spacial score (nSPS) is 21.9. The molecule has 8 nitrogen and oxygen atoms in total. The fraction of sp³-hybridized carbons (Fsp3) is 0.700. The van der Waals surface area contributed by atoms with E-state index in [1.54, 1.807) is 10.8 Å². The molecule has 0 spiro atoms. The molecule has 2 aromatic heterocycles. The highest BCUT2D eigenvalue weighted by Crippen LogP contribution is 2.22. The summed E-state index contributed by atoms with van der Waals surface area (Å²) in [6, 6.07) is 4.60. The molecule has 0 radical (unpaired) electrons. The molecular formula is C20H31N7O. The Hall–Kier alpha value is -2.22. The van der Waals surface area contributed by atoms with Gasteiger partial charge in [-0.1, -0.05) is 6.42 Å². The van der Waals surface area contributed by atoms with Crippen molar-refractivity contribution in [2.75, 3.05) is 37.6 Å². The second-order valence-corrected chi connectivity index (χ2v) is 8.11. The predicted octanol–water partition coefficient (Wildman–Crippen LogP) is 1.72. The Kier molecular flexibility index (Phi) is 6.04. The summed E-state index contributed by atoms with van der Waals surface area (Å²) in [4.78, 5) is 17.3. The maximum Gasteiger partial charge on any atom is 0.223 e. The fourth-order valence-electron chi connectivity index (χ4n) is 4.39. The lowest BCUT2D eigenvalue weighted by Gasteiger charge is -2.33. The van der Waals surface area contributed by atoms with Gasteiger partial charge < -0.3 is 15.1 Å². The molecule has 8 heteroatoms. The van der Waals surface area contributed by atoms with Crippen molar-refractivity contribution in [3.8, 4) is 0 Å². The first-order chi connectivity index (χ1) is 13.7. The Morgan fingerprint density at radius 1 is 1.18 bits per heavy atom. The van der Waals surface area contributed by atoms with E-state index in [-0.39, 0.29) is 11.8 Å². The molecule has 1 amide bonds. The van der Waals surface area contributed by atoms with Gasteiger partial charge in [0, 0.05) is 38.1 Å². The molecule has 28 heavy (non-hydrogen) atoms. The molecule has 1 atom stereocenters. The molecule has 0 saturated carbocycles. The quantitative estimate of drug-likeness (QED) is 0.763. The lowest BCUT2D eigenvalue weighted by Crippen LogP contribution is -2.42. The first kappa shape index (κ1) is 19.1. The number of nitrogens with zero attached hydrogens (tertiary/aromatic N) is 6. The molecule has 4 heterocycles. The predicted molar refractivity (Wildman–Crippen MR) is 108 cm³/mol. The summed E-state index contributed by atoms with van der Waals surface area (Å²) in [5, 5.41) is 15.6. The molecular weight excluding hydrogens is 354 g/mol. The smallest absolute Gasteiger partial charge is 0.223 e. The van der Waals surface area contributed by atoms with Crippen LogP contribution in [0.15, 0.2) is 18.5 Å². The number of amides is 1. The molecule has 1 N–H and O–H groups in total. The van der Waals surface area contributed by atoms with Gasteiger partial charge in [0.15, 0.2) is 5.65 Å². The van der Waals surface area contributed by atoms with Gasteiger partial charge in [-0.3, -0.25) is 4.79 Å². The molecule has 152 valence electrons. The van der Waals surface area contributed by atoms with Crippen molar-refractivity contribution >= 4 is 17.4 Å². The van der Waals surface area contributed by atoms with Crippen LogP contribution in [0.2, 0.25) is 0 Å². The van der Waals surface area contributed by atoms with Crippen LogP contribution in [0.1, 0.15) is 45.4 Å². The molecule has 0 aliphatic carbocycles. The number of carbonyl (C=O) groups is 1. The summed E-state index contributed by atoms with van der Waals surface area (Å²) in [7, 11) is 0. The maximum absolute atomic E-state index is 12.5. The van der Waals surface area contributed by atoms with E-state index in [1.807, 2.05) is 12.1 Å². The van der Waals surface area contributed by atoms with Gasteiger partial charge in [-0.25, -0.2) is 0 Å². The van der Waals surface area contributed by atoms with Crippen molar-refractivity contribution in [1.82, 2.24) is 30.0 Å². The van der Waals surface area contributed by atoms with Crippen molar-refractivity contribution in [3.05, 3.63) is 18.5 Å². The van der Waals surface area contributed by atoms with Crippen LogP contribution in [0, 0.1) is 5.92 Å². The van der Waals surface area contributed by atoms with Crippen molar-refractivity contribution in [2.45, 2.75) is 51.5 Å². The van der Waals surface area contributed by atoms with Crippen molar-refractivity contribution in [2.24, 2.45) is 5.92 Å². The van der Waals surface area contributed by atoms with Crippen molar-refractivity contribution in [3.63, 3.8) is 0 Å². The Balaban J connectivity index is 1.18. The van der Waals surface area contributed by atoms with Crippen LogP contribution < -0.4 is 10.2 Å². The van der Waals surface area contributed by atoms with Crippen LogP contribution in [0.5, 0.6) is 0 Å². The number of carbonyl (C=O) groups excluding carboxylic acids is 1. The van der Waals surface area contributed by atoms with Gasteiger partial charge in [-0.05, 0) is 57.7 Å². The van der Waals surface area contributed by atoms with Crippen molar-refractivity contribution in [1.29, 1.82) is 0 Å². The van der Waals surface area contributed by atoms with E-state index in [1.165, 1.54) is 25.8 Å². The van der Waals surface area contributed by atoms with Gasteiger partial charge in [0.2, 0.25) is 5.91 Å². The number of anilines is 1. The first-order valence-electron chi connectivity index (χ1n) is 10.6. The van der Waals surface area contributed by atoms with E-state index in [9.17, 15) is 4.79 Å². The monoisotopic (exact) mass is 385 g/mol. The number of nitrogens with one attached hydrogen (secondary N) is 1. The van der Waals surface area contributed by atoms with Gasteiger partial charge in [-0.2, -0.15) is 4.52 Å². The maximum atomic E-state index is 12.5. The van der Waals surface area contributed by atoms with Gasteiger partial charge >= 0.3 is 0 Å². The van der Waals surface area contributed by atoms with E-state index in [0.717, 1.165) is 56.9 Å². The van der Waals surface area contributed by atoms with Crippen LogP contribution in [-0.4, -0.2) is 69.4 Å². The molecule has 2 saturated heterocycles. The van der Waals surface area contributed by atoms with Gasteiger partial charge in [0.25, 0.3) is 0 Å². The minimum absolute atomic E-state index is 0.115. The van der Waals surface area contributed by atoms with Crippen LogP contribution >= 0.6 is 0 Å². The third kappa shape index (κ3) is 4.43. The van der Waals surface area contributed by atoms with E-state index in [2.05, 4.69) is 37.3 Å². The summed E-state index contributed by atoms with van der Waals surface area (Å²) in [5.74, 6) is 1.25. The number of fused-ring (bicyclic) bond motifs is 1. The molecule has 2 aliphatic rings. The number of piperidine rings is 2. The largest absolute Gasteiger partial charge is 0.356 e. The Bertz CT molecular complexity index is 784. The molecule has 2 fully saturated rings. The van der Waals surface area contributed by atoms with E-state index in [0.29, 0.717) is 6.04 Å². The molecule has 1 unspecified atom stereocenters. The summed E-state index contributed by atoms with van der Waals surface area (Å²) >= 11 is 0. The van der Waals surface area contributed by atoms with Crippen molar-refractivity contribution < 1.29 is 4.79 Å². The van der Waals surface area contributed by atoms with Crippen LogP contribution in [0.25, 0.3) is 5.65 Å². The third-order valence-corrected chi connectivity index (χ3v) is 6.20. The zero-order chi connectivity index (χ0) is 19.3. The average Bonchev–Trinajstić information content (AvgIpc) is 3.20. The molecule has 2 aromatic rings. The van der Waals surface area contributed by atoms with Crippen LogP contribution in [-0.2, 0) is 4.79 Å². The molecule has 0 bridgehead atoms. The SMILES string of the molecule is CC1CCCCN1CCCNC(=O)C1CCN(c2ccc3nncn3n2)CC1. The second kappa shape index (κ2) is 8.86. The van der Waals surface area contributed by atoms with Gasteiger partial charge in [-0.15, -0.1) is 15.3 Å². The molecule has 0 aromatic carbocycles. The summed E-state index contributed by atoms with van der Waals surface area (Å²) < 4.78 is 1.69. The topological polar surface area (TPSA) is 78.7 Å². The highest BCUT2D eigenvalue weighted by molar-refractivity contribution is 5.78. The highest BCUT2D eigenvalue weighted by atomic mass is 16.1. The minimum atomic E-state index is 0.115. The standard InChI is InChI=1S/C20H31N7O/c1-16-5-2-3-11-25(16)12-4-10-21-20(28)17-8-13-26(14-9-17)19-7-6-18-23-22-15-27(18)24-19/h6-7,15-17H,2-5,8-14H2,1H3,(H,21,28). The summed E-state index contributed by atoms with van der Waals surface area (Å²) in [5.41, 5.74) is 0.747. The van der Waals surface area contributed by atoms with E-state index < -0.39 is 0 Å². The number of hydrogen-bond donors (Lipinski definition) is 1. The molecule has 4 rings (SSSR count). The lowest BCUT2D eigenvalue weighted by molar-refractivity contribution is -0.125. The highest BCUT2D eigenvalue weighted by Gasteiger charge is 2.26. The summed E-state index contributed by atoms with van der Waals surface area (Å²) in [6.07, 6.45) is 8.38. The zero-order valence-corrected chi connectivity index (χ0v) is 16.8. The second-order valence-electron chi connectivity index (χ2n) is 8.11. The number of likely N-dealkylation sites (tertiary alicyclic amines) is 1. The minimum Gasteiger partial charge on any atom is -0.356 e. The third-order valence-electron chi connectivity index (χ3n) is 6.20. The van der Waals surface area contributed by atoms with E-state index >= 15 is 0 Å². The first-order valence-corrected chi connectivity index (χ1v) is 10.6. The van der Waals surface area contributed by atoms with E-state index in [4.69, 9.17) is 0 Å². The summed E-state index contributed by atoms with van der Waals surface area (Å²) in [6.45, 7) is 7.11. The number of rotatable bonds is 6. The van der Waals surface area contributed by atoms with Crippen LogP contribution in [0.3, 0.4) is 0 Å².